The van der Waals surface area contributed by atoms with Gasteiger partial charge in [0.25, 0.3) is 11.8 Å². The van der Waals surface area contributed by atoms with Gasteiger partial charge in [0.2, 0.25) is 0 Å². The van der Waals surface area contributed by atoms with Gasteiger partial charge in [0.15, 0.2) is 11.5 Å². The molecule has 35 heavy (non-hydrogen) atoms. The molecule has 2 amide bonds. The molecule has 0 fully saturated rings. The highest BCUT2D eigenvalue weighted by atomic mass is 16.5. The van der Waals surface area contributed by atoms with E-state index in [9.17, 15) is 14.4 Å². The number of hydrazone groups is 1. The summed E-state index contributed by atoms with van der Waals surface area (Å²) >= 11 is 0. The summed E-state index contributed by atoms with van der Waals surface area (Å²) in [6.45, 7) is 1.61. The third-order valence-electron chi connectivity index (χ3n) is 4.91. The zero-order valence-corrected chi connectivity index (χ0v) is 19.5. The second kappa shape index (κ2) is 12.0. The molecule has 0 aliphatic rings. The van der Waals surface area contributed by atoms with Crippen LogP contribution in [-0.4, -0.2) is 44.8 Å². The van der Waals surface area contributed by atoms with Gasteiger partial charge in [-0.2, -0.15) is 5.10 Å². The van der Waals surface area contributed by atoms with Crippen LogP contribution in [0.4, 0.5) is 0 Å². The van der Waals surface area contributed by atoms with Crippen LogP contribution in [0.2, 0.25) is 0 Å². The third-order valence-corrected chi connectivity index (χ3v) is 4.91. The van der Waals surface area contributed by atoms with Crippen molar-refractivity contribution < 1.29 is 28.6 Å². The average Bonchev–Trinajstić information content (AvgIpc) is 2.88. The van der Waals surface area contributed by atoms with Gasteiger partial charge in [-0.05, 0) is 66.6 Å². The lowest BCUT2D eigenvalue weighted by molar-refractivity contribution is -0.120. The van der Waals surface area contributed by atoms with Crippen molar-refractivity contribution in [1.82, 2.24) is 10.7 Å². The lowest BCUT2D eigenvalue weighted by atomic mass is 10.1. The Morgan fingerprint density at radius 2 is 1.63 bits per heavy atom. The van der Waals surface area contributed by atoms with Crippen molar-refractivity contribution in [2.24, 2.45) is 5.10 Å². The number of methoxy groups -OCH3 is 2. The largest absolute Gasteiger partial charge is 0.493 e. The van der Waals surface area contributed by atoms with Crippen molar-refractivity contribution in [1.29, 1.82) is 0 Å². The maximum atomic E-state index is 12.4. The number of nitrogens with zero attached hydrogens (tertiary/aromatic N) is 1. The normalized spacial score (nSPS) is 10.5. The van der Waals surface area contributed by atoms with Crippen LogP contribution in [-0.2, 0) is 4.79 Å². The molecule has 0 radical (unpaired) electrons. The van der Waals surface area contributed by atoms with Gasteiger partial charge in [-0.25, -0.2) is 10.2 Å². The molecule has 0 heterocycles. The number of carbonyl (C=O) groups excluding carboxylic acids is 3. The van der Waals surface area contributed by atoms with Gasteiger partial charge < -0.3 is 19.5 Å². The van der Waals surface area contributed by atoms with Gasteiger partial charge in [0, 0.05) is 5.56 Å². The van der Waals surface area contributed by atoms with Gasteiger partial charge >= 0.3 is 5.97 Å². The zero-order chi connectivity index (χ0) is 25.2. The minimum absolute atomic E-state index is 0.213. The summed E-state index contributed by atoms with van der Waals surface area (Å²) in [6, 6.07) is 18.4. The lowest BCUT2D eigenvalue weighted by Gasteiger charge is -2.09. The van der Waals surface area contributed by atoms with Crippen LogP contribution in [0, 0.1) is 6.92 Å². The number of ether oxygens (including phenoxy) is 3. The van der Waals surface area contributed by atoms with E-state index < -0.39 is 11.9 Å². The minimum Gasteiger partial charge on any atom is -0.493 e. The van der Waals surface area contributed by atoms with E-state index in [0.29, 0.717) is 33.9 Å². The molecule has 3 aromatic carbocycles. The molecule has 9 heteroatoms. The zero-order valence-electron chi connectivity index (χ0n) is 19.5. The first-order valence-corrected chi connectivity index (χ1v) is 10.6. The van der Waals surface area contributed by atoms with Gasteiger partial charge in [-0.1, -0.05) is 18.2 Å². The van der Waals surface area contributed by atoms with Crippen molar-refractivity contribution in [2.45, 2.75) is 6.92 Å². The third kappa shape index (κ3) is 6.91. The van der Waals surface area contributed by atoms with Crippen LogP contribution < -0.4 is 25.0 Å². The minimum atomic E-state index is -0.549. The predicted molar refractivity (Wildman–Crippen MR) is 130 cm³/mol. The molecular formula is C26H25N3O6. The molecule has 0 aliphatic heterocycles. The first kappa shape index (κ1) is 25.0. The summed E-state index contributed by atoms with van der Waals surface area (Å²) in [5.74, 6) is -0.0832. The first-order chi connectivity index (χ1) is 16.9. The highest BCUT2D eigenvalue weighted by molar-refractivity contribution is 5.97. The smallest absolute Gasteiger partial charge is 0.343 e. The van der Waals surface area contributed by atoms with Crippen LogP contribution in [0.3, 0.4) is 0 Å². The number of rotatable bonds is 9. The standard InChI is InChI=1S/C26H25N3O6/c1-17-6-4-5-7-21(17)25(31)27-16-24(30)29-28-15-18-8-11-20(12-9-18)35-26(32)19-10-13-22(33-2)23(14-19)34-3/h4-15H,16H2,1-3H3,(H,27,31)(H,29,30)/b28-15-. The highest BCUT2D eigenvalue weighted by Crippen LogP contribution is 2.28. The van der Waals surface area contributed by atoms with E-state index in [4.69, 9.17) is 14.2 Å². The van der Waals surface area contributed by atoms with Crippen molar-refractivity contribution >= 4 is 24.0 Å². The molecule has 0 bridgehead atoms. The molecule has 2 N–H and O–H groups in total. The van der Waals surface area contributed by atoms with E-state index >= 15 is 0 Å². The summed E-state index contributed by atoms with van der Waals surface area (Å²) in [4.78, 5) is 36.5. The number of aryl methyl sites for hydroxylation is 1. The fraction of sp³-hybridized carbons (Fsp3) is 0.154. The highest BCUT2D eigenvalue weighted by Gasteiger charge is 2.13. The van der Waals surface area contributed by atoms with E-state index in [-0.39, 0.29) is 12.5 Å². The summed E-state index contributed by atoms with van der Waals surface area (Å²) < 4.78 is 15.7. The van der Waals surface area contributed by atoms with E-state index in [1.54, 1.807) is 48.5 Å². The number of carbonyl (C=O) groups is 3. The molecule has 180 valence electrons. The fourth-order valence-electron chi connectivity index (χ4n) is 3.05. The monoisotopic (exact) mass is 475 g/mol. The van der Waals surface area contributed by atoms with Crippen LogP contribution >= 0.6 is 0 Å². The lowest BCUT2D eigenvalue weighted by Crippen LogP contribution is -2.35. The van der Waals surface area contributed by atoms with Crippen LogP contribution in [0.25, 0.3) is 0 Å². The Balaban J connectivity index is 1.48. The van der Waals surface area contributed by atoms with Crippen molar-refractivity contribution in [3.05, 3.63) is 89.0 Å². The van der Waals surface area contributed by atoms with Crippen molar-refractivity contribution in [3.63, 3.8) is 0 Å². The average molecular weight is 476 g/mol. The maximum absolute atomic E-state index is 12.4. The first-order valence-electron chi connectivity index (χ1n) is 10.6. The summed E-state index contributed by atoms with van der Waals surface area (Å²) in [5.41, 5.74) is 4.66. The molecule has 0 atom stereocenters. The molecule has 0 saturated heterocycles. The fourth-order valence-corrected chi connectivity index (χ4v) is 3.05. The van der Waals surface area contributed by atoms with Crippen molar-refractivity contribution in [2.75, 3.05) is 20.8 Å². The van der Waals surface area contributed by atoms with Crippen LogP contribution in [0.1, 0.15) is 31.8 Å². The number of amides is 2. The number of benzene rings is 3. The molecule has 0 spiro atoms. The molecule has 0 saturated carbocycles. The summed E-state index contributed by atoms with van der Waals surface area (Å²) in [5, 5.41) is 6.43. The number of nitrogens with one attached hydrogen (secondary N) is 2. The van der Waals surface area contributed by atoms with Crippen molar-refractivity contribution in [3.8, 4) is 17.2 Å². The van der Waals surface area contributed by atoms with Gasteiger partial charge in [-0.3, -0.25) is 9.59 Å². The number of hydrogen-bond donors (Lipinski definition) is 2. The predicted octanol–water partition coefficient (Wildman–Crippen LogP) is 3.11. The Morgan fingerprint density at radius 3 is 2.31 bits per heavy atom. The maximum Gasteiger partial charge on any atom is 0.343 e. The second-order valence-electron chi connectivity index (χ2n) is 7.32. The SMILES string of the molecule is COc1ccc(C(=O)Oc2ccc(/C=N\NC(=O)CNC(=O)c3ccccc3C)cc2)cc1OC. The summed E-state index contributed by atoms with van der Waals surface area (Å²) in [6.07, 6.45) is 1.43. The van der Waals surface area contributed by atoms with Gasteiger partial charge in [0.05, 0.1) is 32.5 Å². The molecule has 9 nitrogen and oxygen atoms in total. The van der Waals surface area contributed by atoms with Crippen LogP contribution in [0.15, 0.2) is 71.8 Å². The Morgan fingerprint density at radius 1 is 0.914 bits per heavy atom. The molecule has 3 aromatic rings. The summed E-state index contributed by atoms with van der Waals surface area (Å²) in [7, 11) is 2.99. The number of hydrogen-bond acceptors (Lipinski definition) is 7. The Kier molecular flexibility index (Phi) is 8.55. The number of esters is 1. The van der Waals surface area contributed by atoms with Gasteiger partial charge in [-0.15, -0.1) is 0 Å². The van der Waals surface area contributed by atoms with E-state index in [1.807, 2.05) is 19.1 Å². The molecular weight excluding hydrogens is 450 g/mol. The Hall–Kier alpha value is -4.66. The topological polar surface area (TPSA) is 115 Å². The van der Waals surface area contributed by atoms with E-state index in [0.717, 1.165) is 5.56 Å². The molecule has 0 aliphatic carbocycles. The second-order valence-corrected chi connectivity index (χ2v) is 7.32. The Labute approximate surface area is 202 Å². The quantitative estimate of drug-likeness (QED) is 0.213. The van der Waals surface area contributed by atoms with Gasteiger partial charge in [0.1, 0.15) is 5.75 Å². The van der Waals surface area contributed by atoms with Crippen LogP contribution in [0.5, 0.6) is 17.2 Å². The molecule has 3 rings (SSSR count). The molecule has 0 unspecified atom stereocenters. The Bertz CT molecular complexity index is 1240. The van der Waals surface area contributed by atoms with E-state index in [1.165, 1.54) is 26.5 Å². The molecule has 0 aromatic heterocycles. The van der Waals surface area contributed by atoms with E-state index in [2.05, 4.69) is 15.8 Å².